The number of imide groups is 1. The van der Waals surface area contributed by atoms with Crippen LogP contribution in [0.5, 0.6) is 0 Å². The van der Waals surface area contributed by atoms with Crippen molar-refractivity contribution in [2.75, 3.05) is 12.3 Å². The zero-order chi connectivity index (χ0) is 24.1. The summed E-state index contributed by atoms with van der Waals surface area (Å²) in [5.41, 5.74) is 3.08. The number of benzene rings is 2. The number of carbonyl (C=O) groups excluding carboxylic acids is 2. The zero-order valence-corrected chi connectivity index (χ0v) is 20.5. The number of aryl methyl sites for hydroxylation is 2. The molecule has 0 unspecified atom stereocenters. The van der Waals surface area contributed by atoms with E-state index < -0.39 is 11.9 Å². The largest absolute Gasteiger partial charge is 0.337 e. The van der Waals surface area contributed by atoms with Crippen molar-refractivity contribution in [1.29, 1.82) is 0 Å². The topological polar surface area (TPSA) is 93.1 Å². The maximum Gasteiger partial charge on any atom is 0.321 e. The lowest BCUT2D eigenvalue weighted by Crippen LogP contribution is -2.41. The standard InChI is InChI=1S/C25H24N4O3S2/c1-16-9-10-21(17(2)14-16)29-23(31)19-7-3-4-8-20(19)27-25(29)34-15-22(30)28-24(32)26-12-11-18-6-5-13-33-18/h3-10,13-14H,11-12,15H2,1-2H3,(H2,26,28,30,32). The van der Waals surface area contributed by atoms with E-state index in [1.807, 2.05) is 55.6 Å². The van der Waals surface area contributed by atoms with Gasteiger partial charge in [-0.2, -0.15) is 0 Å². The minimum Gasteiger partial charge on any atom is -0.337 e. The molecule has 0 saturated heterocycles. The van der Waals surface area contributed by atoms with Gasteiger partial charge in [0, 0.05) is 11.4 Å². The number of nitrogens with zero attached hydrogens (tertiary/aromatic N) is 2. The molecule has 0 fully saturated rings. The Morgan fingerprint density at radius 3 is 2.68 bits per heavy atom. The van der Waals surface area contributed by atoms with Crippen molar-refractivity contribution in [3.8, 4) is 5.69 Å². The van der Waals surface area contributed by atoms with Crippen molar-refractivity contribution >= 4 is 45.9 Å². The number of thiophene rings is 1. The van der Waals surface area contributed by atoms with Crippen LogP contribution >= 0.6 is 23.1 Å². The van der Waals surface area contributed by atoms with E-state index in [4.69, 9.17) is 0 Å². The van der Waals surface area contributed by atoms with Crippen LogP contribution < -0.4 is 16.2 Å². The molecule has 0 spiro atoms. The van der Waals surface area contributed by atoms with E-state index in [9.17, 15) is 14.4 Å². The van der Waals surface area contributed by atoms with Gasteiger partial charge in [0.2, 0.25) is 5.91 Å². The van der Waals surface area contributed by atoms with E-state index in [0.29, 0.717) is 34.7 Å². The maximum atomic E-state index is 13.4. The second-order valence-electron chi connectivity index (χ2n) is 7.76. The van der Waals surface area contributed by atoms with Crippen LogP contribution in [0.4, 0.5) is 4.79 Å². The Bertz CT molecular complexity index is 1400. The molecule has 0 saturated carbocycles. The van der Waals surface area contributed by atoms with E-state index in [1.54, 1.807) is 29.5 Å². The third-order valence-corrected chi connectivity index (χ3v) is 7.04. The molecule has 9 heteroatoms. The lowest BCUT2D eigenvalue weighted by atomic mass is 10.1. The number of carbonyl (C=O) groups is 2. The summed E-state index contributed by atoms with van der Waals surface area (Å²) in [7, 11) is 0. The summed E-state index contributed by atoms with van der Waals surface area (Å²) in [5, 5.41) is 7.90. The van der Waals surface area contributed by atoms with Gasteiger partial charge in [-0.15, -0.1) is 11.3 Å². The summed E-state index contributed by atoms with van der Waals surface area (Å²) in [6.45, 7) is 4.36. The molecule has 2 N–H and O–H groups in total. The highest BCUT2D eigenvalue weighted by Gasteiger charge is 2.17. The monoisotopic (exact) mass is 492 g/mol. The molecule has 2 aromatic carbocycles. The van der Waals surface area contributed by atoms with Crippen molar-refractivity contribution in [3.05, 3.63) is 86.3 Å². The molecule has 0 aliphatic heterocycles. The first-order valence-electron chi connectivity index (χ1n) is 10.7. The highest BCUT2D eigenvalue weighted by Crippen LogP contribution is 2.23. The predicted octanol–water partition coefficient (Wildman–Crippen LogP) is 4.22. The van der Waals surface area contributed by atoms with Gasteiger partial charge in [-0.25, -0.2) is 9.78 Å². The molecule has 0 aliphatic carbocycles. The van der Waals surface area contributed by atoms with Crippen molar-refractivity contribution in [2.45, 2.75) is 25.4 Å². The number of aromatic nitrogens is 2. The van der Waals surface area contributed by atoms with Gasteiger partial charge in [-0.1, -0.05) is 47.7 Å². The molecule has 0 aliphatic rings. The number of urea groups is 1. The molecule has 0 radical (unpaired) electrons. The number of amides is 3. The maximum absolute atomic E-state index is 13.4. The summed E-state index contributed by atoms with van der Waals surface area (Å²) in [6, 6.07) is 16.4. The fraction of sp³-hybridized carbons (Fsp3) is 0.200. The molecule has 0 atom stereocenters. The average molecular weight is 493 g/mol. The number of para-hydroxylation sites is 1. The Labute approximate surface area is 205 Å². The Hall–Kier alpha value is -3.43. The van der Waals surface area contributed by atoms with E-state index in [-0.39, 0.29) is 11.3 Å². The third-order valence-electron chi connectivity index (χ3n) is 5.16. The van der Waals surface area contributed by atoms with Crippen molar-refractivity contribution < 1.29 is 9.59 Å². The van der Waals surface area contributed by atoms with Crippen molar-refractivity contribution in [3.63, 3.8) is 0 Å². The molecule has 4 rings (SSSR count). The highest BCUT2D eigenvalue weighted by atomic mass is 32.2. The second-order valence-corrected chi connectivity index (χ2v) is 9.74. The van der Waals surface area contributed by atoms with Crippen LogP contribution in [0.25, 0.3) is 16.6 Å². The number of thioether (sulfide) groups is 1. The minimum absolute atomic E-state index is 0.0615. The summed E-state index contributed by atoms with van der Waals surface area (Å²) in [6.07, 6.45) is 0.706. The number of nitrogens with one attached hydrogen (secondary N) is 2. The first kappa shape index (κ1) is 23.7. The highest BCUT2D eigenvalue weighted by molar-refractivity contribution is 7.99. The SMILES string of the molecule is Cc1ccc(-n2c(SCC(=O)NC(=O)NCCc3cccs3)nc3ccccc3c2=O)c(C)c1. The van der Waals surface area contributed by atoms with Gasteiger partial charge >= 0.3 is 6.03 Å². The lowest BCUT2D eigenvalue weighted by Gasteiger charge is -2.15. The lowest BCUT2D eigenvalue weighted by molar-refractivity contribution is -0.117. The second kappa shape index (κ2) is 10.7. The molecule has 34 heavy (non-hydrogen) atoms. The zero-order valence-electron chi connectivity index (χ0n) is 18.8. The molecule has 3 amide bonds. The third kappa shape index (κ3) is 5.55. The number of hydrogen-bond donors (Lipinski definition) is 2. The van der Waals surface area contributed by atoms with Crippen LogP contribution in [-0.4, -0.2) is 33.8 Å². The minimum atomic E-state index is -0.541. The van der Waals surface area contributed by atoms with Crippen molar-refractivity contribution in [1.82, 2.24) is 20.2 Å². The van der Waals surface area contributed by atoms with Gasteiger partial charge in [-0.3, -0.25) is 19.5 Å². The van der Waals surface area contributed by atoms with Crippen LogP contribution in [0.1, 0.15) is 16.0 Å². The van der Waals surface area contributed by atoms with E-state index in [2.05, 4.69) is 15.6 Å². The van der Waals surface area contributed by atoms with E-state index in [0.717, 1.165) is 27.8 Å². The Balaban J connectivity index is 1.50. The van der Waals surface area contributed by atoms with Crippen molar-refractivity contribution in [2.24, 2.45) is 0 Å². The summed E-state index contributed by atoms with van der Waals surface area (Å²) >= 11 is 2.74. The van der Waals surface area contributed by atoms with Gasteiger partial charge in [-0.05, 0) is 55.5 Å². The van der Waals surface area contributed by atoms with Gasteiger partial charge in [0.25, 0.3) is 5.56 Å². The Morgan fingerprint density at radius 1 is 1.09 bits per heavy atom. The molecular formula is C25H24N4O3S2. The predicted molar refractivity (Wildman–Crippen MR) is 137 cm³/mol. The molecule has 0 bridgehead atoms. The van der Waals surface area contributed by atoms with Gasteiger partial charge in [0.15, 0.2) is 5.16 Å². The number of rotatable bonds is 7. The Kier molecular flexibility index (Phi) is 7.44. The fourth-order valence-corrected chi connectivity index (χ4v) is 5.08. The normalized spacial score (nSPS) is 10.9. The van der Waals surface area contributed by atoms with Crippen LogP contribution in [0.15, 0.2) is 69.9 Å². The molecule has 2 heterocycles. The van der Waals surface area contributed by atoms with E-state index in [1.165, 1.54) is 4.57 Å². The number of hydrogen-bond acceptors (Lipinski definition) is 6. The van der Waals surface area contributed by atoms with Crippen LogP contribution in [0.3, 0.4) is 0 Å². The fourth-order valence-electron chi connectivity index (χ4n) is 3.57. The smallest absolute Gasteiger partial charge is 0.321 e. The van der Waals surface area contributed by atoms with E-state index >= 15 is 0 Å². The van der Waals surface area contributed by atoms with Gasteiger partial charge in [0.05, 0.1) is 22.3 Å². The molecule has 174 valence electrons. The first-order chi connectivity index (χ1) is 16.4. The molecule has 7 nitrogen and oxygen atoms in total. The van der Waals surface area contributed by atoms with Crippen LogP contribution in [0.2, 0.25) is 0 Å². The summed E-state index contributed by atoms with van der Waals surface area (Å²) < 4.78 is 1.54. The van der Waals surface area contributed by atoms with Gasteiger partial charge in [0.1, 0.15) is 0 Å². The molecule has 4 aromatic rings. The Morgan fingerprint density at radius 2 is 1.91 bits per heavy atom. The van der Waals surface area contributed by atoms with Crippen LogP contribution in [-0.2, 0) is 11.2 Å². The molecule has 2 aromatic heterocycles. The quantitative estimate of drug-likeness (QED) is 0.298. The molecular weight excluding hydrogens is 468 g/mol. The first-order valence-corrected chi connectivity index (χ1v) is 12.6. The van der Waals surface area contributed by atoms with Gasteiger partial charge < -0.3 is 5.32 Å². The summed E-state index contributed by atoms with van der Waals surface area (Å²) in [4.78, 5) is 43.7. The number of fused-ring (bicyclic) bond motifs is 1. The van der Waals surface area contributed by atoms with Crippen LogP contribution in [0, 0.1) is 13.8 Å². The summed E-state index contributed by atoms with van der Waals surface area (Å²) in [5.74, 6) is -0.526. The average Bonchev–Trinajstić information content (AvgIpc) is 3.32.